The fourth-order valence-corrected chi connectivity index (χ4v) is 6.56. The second-order valence-electron chi connectivity index (χ2n) is 12.5. The quantitative estimate of drug-likeness (QED) is 0.264. The third-order valence-electron chi connectivity index (χ3n) is 9.25. The molecule has 2 aliphatic carbocycles. The number of amides is 1. The number of rotatable bonds is 10. The summed E-state index contributed by atoms with van der Waals surface area (Å²) in [5.41, 5.74) is -1.05. The molecule has 2 saturated carbocycles. The van der Waals surface area contributed by atoms with Gasteiger partial charge in [0.15, 0.2) is 0 Å². The number of cyclic esters (lactones) is 1. The van der Waals surface area contributed by atoms with E-state index in [1.165, 1.54) is 4.90 Å². The van der Waals surface area contributed by atoms with Gasteiger partial charge in [0.2, 0.25) is 0 Å². The van der Waals surface area contributed by atoms with Gasteiger partial charge >= 0.3 is 24.4 Å². The molecular weight excluding hydrogens is 604 g/mol. The van der Waals surface area contributed by atoms with Crippen molar-refractivity contribution in [3.8, 4) is 0 Å². The van der Waals surface area contributed by atoms with Gasteiger partial charge < -0.3 is 14.7 Å². The van der Waals surface area contributed by atoms with Crippen molar-refractivity contribution in [1.29, 1.82) is 0 Å². The number of pyridine rings is 1. The minimum Gasteiger partial charge on any atom is -0.481 e. The molecule has 1 amide bonds. The molecule has 3 aliphatic rings. The molecule has 2 heterocycles. The molecule has 0 bridgehead atoms. The van der Waals surface area contributed by atoms with Crippen LogP contribution in [0.25, 0.3) is 0 Å². The first-order valence-corrected chi connectivity index (χ1v) is 15.4. The number of aromatic nitrogens is 1. The van der Waals surface area contributed by atoms with Gasteiger partial charge in [0.05, 0.1) is 35.1 Å². The van der Waals surface area contributed by atoms with Crippen molar-refractivity contribution in [2.45, 2.75) is 95.8 Å². The Hall–Kier alpha value is -3.51. The number of carboxylic acid groups (broad SMARTS) is 1. The summed E-state index contributed by atoms with van der Waals surface area (Å²) in [5.74, 6) is 0.0307. The zero-order chi connectivity index (χ0) is 32.7. The van der Waals surface area contributed by atoms with E-state index in [-0.39, 0.29) is 30.5 Å². The monoisotopic (exact) mass is 641 g/mol. The summed E-state index contributed by atoms with van der Waals surface area (Å²) in [4.78, 5) is 32.6. The number of nitrogens with zero attached hydrogens (tertiary/aromatic N) is 3. The molecule has 2 atom stereocenters. The van der Waals surface area contributed by atoms with E-state index in [1.54, 1.807) is 6.92 Å². The van der Waals surface area contributed by atoms with E-state index in [1.807, 2.05) is 19.1 Å². The average molecular weight is 642 g/mol. The highest BCUT2D eigenvalue weighted by Crippen LogP contribution is 2.43. The van der Waals surface area contributed by atoms with Gasteiger partial charge in [0, 0.05) is 31.1 Å². The second-order valence-corrected chi connectivity index (χ2v) is 12.5. The summed E-state index contributed by atoms with van der Waals surface area (Å²) >= 11 is 0. The minimum absolute atomic E-state index is 0.0284. The molecule has 1 saturated heterocycles. The van der Waals surface area contributed by atoms with E-state index in [4.69, 9.17) is 14.8 Å². The normalized spacial score (nSPS) is 24.1. The average Bonchev–Trinajstić information content (AvgIpc) is 3.78. The van der Waals surface area contributed by atoms with E-state index in [9.17, 15) is 35.9 Å². The Labute approximate surface area is 257 Å². The first kappa shape index (κ1) is 32.9. The lowest BCUT2D eigenvalue weighted by atomic mass is 9.80. The van der Waals surface area contributed by atoms with Crippen LogP contribution in [0.1, 0.15) is 98.9 Å². The number of aliphatic carboxylic acids is 1. The molecule has 13 heteroatoms. The number of halogens is 6. The summed E-state index contributed by atoms with van der Waals surface area (Å²) in [6, 6.07) is 4.34. The summed E-state index contributed by atoms with van der Waals surface area (Å²) in [6.07, 6.45) is -6.63. The molecule has 246 valence electrons. The van der Waals surface area contributed by atoms with Crippen molar-refractivity contribution < 1.29 is 45.8 Å². The van der Waals surface area contributed by atoms with Gasteiger partial charge in [-0.25, -0.2) is 4.79 Å². The van der Waals surface area contributed by atoms with Crippen molar-refractivity contribution in [1.82, 2.24) is 9.88 Å². The molecule has 0 unspecified atom stereocenters. The Morgan fingerprint density at radius 2 is 1.58 bits per heavy atom. The van der Waals surface area contributed by atoms with Crippen LogP contribution in [0.4, 0.5) is 36.8 Å². The largest absolute Gasteiger partial charge is 0.481 e. The highest BCUT2D eigenvalue weighted by atomic mass is 19.4. The van der Waals surface area contributed by atoms with Crippen LogP contribution in [0.15, 0.2) is 30.3 Å². The maximum atomic E-state index is 13.5. The number of carbonyl (C=O) groups excluding carboxylic acids is 1. The lowest BCUT2D eigenvalue weighted by molar-refractivity contribution is -0.143. The molecule has 0 radical (unpaired) electrons. The Morgan fingerprint density at radius 1 is 0.978 bits per heavy atom. The molecular formula is C32H37F6N3O4. The smallest absolute Gasteiger partial charge is 0.416 e. The fourth-order valence-electron chi connectivity index (χ4n) is 6.56. The second kappa shape index (κ2) is 12.7. The van der Waals surface area contributed by atoms with Gasteiger partial charge in [-0.3, -0.25) is 14.7 Å². The third-order valence-corrected chi connectivity index (χ3v) is 9.25. The molecule has 3 fully saturated rings. The number of anilines is 1. The molecule has 1 N–H and O–H groups in total. The maximum Gasteiger partial charge on any atom is 0.416 e. The van der Waals surface area contributed by atoms with Crippen molar-refractivity contribution in [2.75, 3.05) is 18.0 Å². The Morgan fingerprint density at radius 3 is 2.11 bits per heavy atom. The topological polar surface area (TPSA) is 83.0 Å². The molecule has 5 rings (SSSR count). The molecule has 1 aliphatic heterocycles. The highest BCUT2D eigenvalue weighted by Gasteiger charge is 2.44. The van der Waals surface area contributed by atoms with Gasteiger partial charge in [-0.15, -0.1) is 0 Å². The van der Waals surface area contributed by atoms with E-state index >= 15 is 0 Å². The minimum atomic E-state index is -5.03. The van der Waals surface area contributed by atoms with Crippen LogP contribution in [0.2, 0.25) is 0 Å². The highest BCUT2D eigenvalue weighted by molar-refractivity contribution is 5.71. The zero-order valence-electron chi connectivity index (χ0n) is 25.1. The number of hydrogen-bond donors (Lipinski definition) is 1. The number of benzene rings is 1. The van der Waals surface area contributed by atoms with Crippen LogP contribution in [0.5, 0.6) is 0 Å². The van der Waals surface area contributed by atoms with Crippen LogP contribution in [0.3, 0.4) is 0 Å². The van der Waals surface area contributed by atoms with Gasteiger partial charge in [-0.1, -0.05) is 0 Å². The summed E-state index contributed by atoms with van der Waals surface area (Å²) in [6.45, 7) is 4.86. The van der Waals surface area contributed by atoms with Crippen molar-refractivity contribution in [3.63, 3.8) is 0 Å². The van der Waals surface area contributed by atoms with Crippen molar-refractivity contribution in [2.24, 2.45) is 11.8 Å². The lowest BCUT2D eigenvalue weighted by Gasteiger charge is -2.34. The van der Waals surface area contributed by atoms with Gasteiger partial charge in [-0.2, -0.15) is 26.3 Å². The fraction of sp³-hybridized carbons (Fsp3) is 0.594. The van der Waals surface area contributed by atoms with E-state index in [0.29, 0.717) is 42.8 Å². The number of carboxylic acids is 1. The van der Waals surface area contributed by atoms with Gasteiger partial charge in [0.1, 0.15) is 6.10 Å². The van der Waals surface area contributed by atoms with Crippen molar-refractivity contribution >= 4 is 17.7 Å². The van der Waals surface area contributed by atoms with Gasteiger partial charge in [0.25, 0.3) is 0 Å². The van der Waals surface area contributed by atoms with E-state index in [2.05, 4.69) is 4.90 Å². The van der Waals surface area contributed by atoms with E-state index in [0.717, 1.165) is 49.9 Å². The zero-order valence-corrected chi connectivity index (χ0v) is 25.1. The standard InChI is InChI=1S/C32H37F6N3O4/c1-3-40(16-20-6-4-19(5-7-20)12-28(42)43)27-11-10-25(21-8-9-21)39-26(27)17-41-18(2)29(45-30(41)44)22-13-23(31(33,34)35)15-24(14-22)32(36,37)38/h10-11,13-15,18-21,29H,3-9,12,16-17H2,1-2H3,(H,42,43)/t18-,19?,20?,29-/m0/s1. The van der Waals surface area contributed by atoms with Crippen LogP contribution in [0, 0.1) is 11.8 Å². The van der Waals surface area contributed by atoms with Crippen LogP contribution in [-0.2, 0) is 28.4 Å². The Bertz CT molecular complexity index is 1370. The first-order valence-electron chi connectivity index (χ1n) is 15.4. The van der Waals surface area contributed by atoms with Crippen molar-refractivity contribution in [3.05, 3.63) is 58.4 Å². The Kier molecular flexibility index (Phi) is 9.28. The summed E-state index contributed by atoms with van der Waals surface area (Å²) < 4.78 is 86.7. The SMILES string of the molecule is CCN(CC1CCC(CC(=O)O)CC1)c1ccc(C2CC2)nc1CN1C(=O)O[C@H](c2cc(C(F)(F)F)cc(C(F)(F)F)c2)[C@@H]1C. The number of ether oxygens (including phenoxy) is 1. The first-order chi connectivity index (χ1) is 21.1. The molecule has 45 heavy (non-hydrogen) atoms. The van der Waals surface area contributed by atoms with E-state index < -0.39 is 47.7 Å². The predicted molar refractivity (Wildman–Crippen MR) is 152 cm³/mol. The van der Waals surface area contributed by atoms with Crippen LogP contribution < -0.4 is 4.90 Å². The molecule has 7 nitrogen and oxygen atoms in total. The summed E-state index contributed by atoms with van der Waals surface area (Å²) in [5, 5.41) is 9.14. The number of carbonyl (C=O) groups is 2. The Balaban J connectivity index is 1.39. The molecule has 1 aromatic heterocycles. The lowest BCUT2D eigenvalue weighted by Crippen LogP contribution is -2.35. The number of hydrogen-bond acceptors (Lipinski definition) is 5. The van der Waals surface area contributed by atoms with Gasteiger partial charge in [-0.05, 0) is 100 Å². The third kappa shape index (κ3) is 7.66. The summed E-state index contributed by atoms with van der Waals surface area (Å²) in [7, 11) is 0. The molecule has 2 aromatic rings. The molecule has 0 spiro atoms. The number of alkyl halides is 6. The molecule has 1 aromatic carbocycles. The maximum absolute atomic E-state index is 13.5. The predicted octanol–water partition coefficient (Wildman–Crippen LogP) is 8.19. The van der Waals surface area contributed by atoms with Crippen LogP contribution in [-0.4, -0.2) is 46.2 Å². The van der Waals surface area contributed by atoms with Crippen LogP contribution >= 0.6 is 0 Å².